The molecule has 21 nitrogen and oxygen atoms in total. The van der Waals surface area contributed by atoms with Crippen LogP contribution in [0.4, 0.5) is 0 Å². The van der Waals surface area contributed by atoms with Gasteiger partial charge in [-0.2, -0.15) is 0 Å². The Bertz CT molecular complexity index is 2360. The number of carboxylic acids is 1. The summed E-state index contributed by atoms with van der Waals surface area (Å²) in [5.74, 6) is -4.00. The first-order valence-corrected chi connectivity index (χ1v) is 28.1. The normalized spacial score (nSPS) is 36.8. The fourth-order valence-electron chi connectivity index (χ4n) is 11.9. The van der Waals surface area contributed by atoms with Crippen LogP contribution in [0.3, 0.4) is 0 Å². The molecule has 3 aliphatic heterocycles. The summed E-state index contributed by atoms with van der Waals surface area (Å²) in [6, 6.07) is 4.42. The lowest BCUT2D eigenvalue weighted by Gasteiger charge is -2.49. The van der Waals surface area contributed by atoms with Gasteiger partial charge in [0, 0.05) is 77.0 Å². The van der Waals surface area contributed by atoms with Crippen LogP contribution in [0.5, 0.6) is 0 Å². The first kappa shape index (κ1) is 66.2. The Balaban J connectivity index is 1.26. The number of methoxy groups -OCH3 is 1. The number of benzene rings is 1. The van der Waals surface area contributed by atoms with Gasteiger partial charge in [-0.3, -0.25) is 14.3 Å². The summed E-state index contributed by atoms with van der Waals surface area (Å²) in [7, 11) is 10.7. The van der Waals surface area contributed by atoms with Crippen LogP contribution in [0.2, 0.25) is 0 Å². The van der Waals surface area contributed by atoms with Gasteiger partial charge < -0.3 is 83.0 Å². The molecule has 0 amide bonds. The molecule has 1 aromatic heterocycles. The van der Waals surface area contributed by atoms with E-state index in [0.717, 1.165) is 5.56 Å². The van der Waals surface area contributed by atoms with Gasteiger partial charge in [-0.15, -0.1) is 0 Å². The van der Waals surface area contributed by atoms with E-state index in [1.165, 1.54) is 13.1 Å². The van der Waals surface area contributed by atoms with Gasteiger partial charge in [-0.25, -0.2) is 4.79 Å². The second-order valence-electron chi connectivity index (χ2n) is 23.6. The highest BCUT2D eigenvalue weighted by molar-refractivity contribution is 5.93. The minimum Gasteiger partial charge on any atom is -0.477 e. The smallest absolute Gasteiger partial charge is 0.341 e. The van der Waals surface area contributed by atoms with Gasteiger partial charge in [-0.05, 0) is 119 Å². The molecule has 2 aromatic rings. The molecule has 0 radical (unpaired) electrons. The van der Waals surface area contributed by atoms with E-state index in [1.807, 2.05) is 83.8 Å². The van der Waals surface area contributed by atoms with Crippen molar-refractivity contribution in [2.45, 2.75) is 192 Å². The number of nitrogens with zero attached hydrogens (tertiary/aromatic N) is 4. The van der Waals surface area contributed by atoms with E-state index in [1.54, 1.807) is 70.7 Å². The highest BCUT2D eigenvalue weighted by Gasteiger charge is 2.53. The highest BCUT2D eigenvalue weighted by Crippen LogP contribution is 2.41. The molecule has 0 spiro atoms. The van der Waals surface area contributed by atoms with Gasteiger partial charge in [0.05, 0.1) is 66.9 Å². The summed E-state index contributed by atoms with van der Waals surface area (Å²) in [4.78, 5) is 43.1. The number of esters is 1. The lowest BCUT2D eigenvalue weighted by atomic mass is 9.77. The molecule has 450 valence electrons. The summed E-state index contributed by atoms with van der Waals surface area (Å²) in [6.07, 6.45) is -2.46. The van der Waals surface area contributed by atoms with Gasteiger partial charge in [0.1, 0.15) is 35.6 Å². The number of cyclic esters (lactones) is 1. The second-order valence-corrected chi connectivity index (χ2v) is 23.6. The van der Waals surface area contributed by atoms with Crippen molar-refractivity contribution >= 4 is 28.9 Å². The van der Waals surface area contributed by atoms with Crippen molar-refractivity contribution in [1.82, 2.24) is 14.5 Å². The van der Waals surface area contributed by atoms with Crippen molar-refractivity contribution in [2.24, 2.45) is 17.8 Å². The molecule has 3 saturated heterocycles. The zero-order valence-electron chi connectivity index (χ0n) is 49.8. The van der Waals surface area contributed by atoms with Crippen LogP contribution >= 0.6 is 0 Å². The van der Waals surface area contributed by atoms with Gasteiger partial charge >= 0.3 is 11.9 Å². The molecule has 5 rings (SSSR count). The van der Waals surface area contributed by atoms with Gasteiger partial charge in [-0.1, -0.05) is 39.0 Å². The summed E-state index contributed by atoms with van der Waals surface area (Å²) >= 11 is 0. The van der Waals surface area contributed by atoms with Gasteiger partial charge in [0.2, 0.25) is 5.43 Å². The minimum absolute atomic E-state index is 0.177. The molecule has 0 saturated carbocycles. The molecule has 18 atom stereocenters. The van der Waals surface area contributed by atoms with Gasteiger partial charge in [0.25, 0.3) is 0 Å². The number of aromatic nitrogens is 1. The molecular weight excluding hydrogens is 1020 g/mol. The number of aliphatic hydroxyl groups excluding tert-OH is 2. The molecule has 79 heavy (non-hydrogen) atoms. The van der Waals surface area contributed by atoms with E-state index in [0.29, 0.717) is 63.3 Å². The topological polar surface area (TPSA) is 250 Å². The van der Waals surface area contributed by atoms with E-state index in [4.69, 9.17) is 42.6 Å². The van der Waals surface area contributed by atoms with Crippen LogP contribution in [-0.2, 0) is 47.4 Å². The number of carbonyl (C=O) groups excluding carboxylic acids is 1. The number of carboxylic acid groups (broad SMARTS) is 1. The average molecular weight is 1120 g/mol. The third kappa shape index (κ3) is 16.3. The molecular formula is C58H96N4O17. The third-order valence-electron chi connectivity index (χ3n) is 16.5. The van der Waals surface area contributed by atoms with Crippen molar-refractivity contribution in [1.29, 1.82) is 0 Å². The SMILES string of the molecule is CC[C@H]1OC(=O)[C@H](C)[C@@H](O[C@H]2C[C@@](C)(OC)[C@@H](OCCCOCCOCC=Cc3ccc4c(c3)c(=O)c(C(=O)O)cn4N(C)C)[C@H](C)O2)[C@H](C)[C@@H](O[C@@H]2O[C@H](C)C[C@H](N(C)C)[C@H]2O)[C@](C)(O)C[C@@H](C)CN(C)[C@H](C)[C@@H](O)[C@]1(C)O. The van der Waals surface area contributed by atoms with Crippen LogP contribution in [0, 0.1) is 17.8 Å². The first-order valence-electron chi connectivity index (χ1n) is 28.1. The van der Waals surface area contributed by atoms with Crippen molar-refractivity contribution < 1.29 is 77.8 Å². The number of hydrogen-bond donors (Lipinski definition) is 5. The van der Waals surface area contributed by atoms with E-state index in [-0.39, 0.29) is 42.9 Å². The predicted octanol–water partition coefficient (Wildman–Crippen LogP) is 4.27. The number of fused-ring (bicyclic) bond motifs is 1. The Hall–Kier alpha value is -3.65. The maximum atomic E-state index is 14.6. The number of likely N-dealkylation sites (N-methyl/N-ethyl adjacent to an activating group) is 2. The molecule has 3 aliphatic rings. The molecule has 1 aromatic carbocycles. The monoisotopic (exact) mass is 1120 g/mol. The van der Waals surface area contributed by atoms with Crippen molar-refractivity contribution in [3.8, 4) is 0 Å². The number of ether oxygens (including phenoxy) is 9. The summed E-state index contributed by atoms with van der Waals surface area (Å²) in [6.45, 7) is 20.1. The van der Waals surface area contributed by atoms with Crippen molar-refractivity contribution in [2.75, 3.05) is 86.9 Å². The fraction of sp³-hybridized carbons (Fsp3) is 0.776. The summed E-state index contributed by atoms with van der Waals surface area (Å²) < 4.78 is 58.7. The molecule has 5 N–H and O–H groups in total. The first-order chi connectivity index (χ1) is 37.0. The lowest BCUT2D eigenvalue weighted by molar-refractivity contribution is -0.321. The lowest BCUT2D eigenvalue weighted by Crippen LogP contribution is -2.61. The molecule has 4 heterocycles. The quantitative estimate of drug-likeness (QED) is 0.0917. The third-order valence-corrected chi connectivity index (χ3v) is 16.5. The molecule has 3 fully saturated rings. The Kier molecular flexibility index (Phi) is 23.9. The van der Waals surface area contributed by atoms with Crippen LogP contribution < -0.4 is 10.4 Å². The van der Waals surface area contributed by atoms with Crippen molar-refractivity contribution in [3.63, 3.8) is 0 Å². The number of carbonyl (C=O) groups is 2. The molecule has 21 heteroatoms. The van der Waals surface area contributed by atoms with Gasteiger partial charge in [0.15, 0.2) is 12.6 Å². The van der Waals surface area contributed by atoms with E-state index < -0.39 is 107 Å². The standard InChI is InChI=1S/C58H96N4O17/c1-17-45-58(10,70)50(65)38(6)61(15)32-34(2)30-56(8,69)51(79-55-48(64)44(59(11)12)28-35(3)75-55)36(4)49(37(5)54(68)77-45)78-46-31-57(9,71-16)52(39(7)76-46)74-25-19-24-73-27-26-72-23-18-20-40-21-22-43-41(29-40)47(63)42(53(66)67)33-62(43)60(13)14/h18,20-22,29,33-39,44-46,48-52,55,64-65,69-70H,17,19,23-28,30-32H2,1-16H3,(H,66,67)/t34-,35-,36+,37-,38-,39+,44+,45-,46+,48-,49+,50-,51-,52+,55+,56-,57-,58-/m1/s1. The van der Waals surface area contributed by atoms with E-state index >= 15 is 0 Å². The largest absolute Gasteiger partial charge is 0.477 e. The number of rotatable bonds is 20. The molecule has 0 bridgehead atoms. The zero-order chi connectivity index (χ0) is 58.9. The van der Waals surface area contributed by atoms with E-state index in [9.17, 15) is 39.9 Å². The number of aromatic carboxylic acids is 1. The van der Waals surface area contributed by atoms with E-state index in [2.05, 4.69) is 0 Å². The average Bonchev–Trinajstić information content (AvgIpc) is 3.38. The van der Waals surface area contributed by atoms with Crippen molar-refractivity contribution in [3.05, 3.63) is 51.8 Å². The number of hydrogen-bond acceptors (Lipinski definition) is 19. The van der Waals surface area contributed by atoms with Crippen LogP contribution in [0.25, 0.3) is 17.0 Å². The predicted molar refractivity (Wildman–Crippen MR) is 298 cm³/mol. The number of pyridine rings is 1. The minimum atomic E-state index is -1.84. The Morgan fingerprint density at radius 1 is 0.911 bits per heavy atom. The molecule has 0 unspecified atom stereocenters. The zero-order valence-corrected chi connectivity index (χ0v) is 49.8. The summed E-state index contributed by atoms with van der Waals surface area (Å²) in [5.41, 5.74) is -3.92. The maximum Gasteiger partial charge on any atom is 0.341 e. The Labute approximate surface area is 467 Å². The van der Waals surface area contributed by atoms with Crippen LogP contribution in [-0.4, -0.2) is 224 Å². The van der Waals surface area contributed by atoms with Crippen LogP contribution in [0.15, 0.2) is 35.3 Å². The Morgan fingerprint density at radius 2 is 1.59 bits per heavy atom. The fourth-order valence-corrected chi connectivity index (χ4v) is 11.9. The Morgan fingerprint density at radius 3 is 2.23 bits per heavy atom. The number of aliphatic hydroxyl groups is 4. The maximum absolute atomic E-state index is 14.6. The second kappa shape index (κ2) is 28.6. The highest BCUT2D eigenvalue weighted by atomic mass is 16.7. The summed E-state index contributed by atoms with van der Waals surface area (Å²) in [5, 5.41) is 59.7. The molecule has 0 aliphatic carbocycles. The van der Waals surface area contributed by atoms with Crippen LogP contribution in [0.1, 0.15) is 117 Å².